The fourth-order valence-corrected chi connectivity index (χ4v) is 5.78. The number of aromatic nitrogens is 3. The van der Waals surface area contributed by atoms with Gasteiger partial charge < -0.3 is 21.5 Å². The third kappa shape index (κ3) is 5.24. The number of esters is 1. The summed E-state index contributed by atoms with van der Waals surface area (Å²) in [5, 5.41) is 10.6. The highest BCUT2D eigenvalue weighted by molar-refractivity contribution is 6.00. The van der Waals surface area contributed by atoms with E-state index < -0.39 is 5.91 Å². The van der Waals surface area contributed by atoms with E-state index in [9.17, 15) is 9.59 Å². The highest BCUT2D eigenvalue weighted by atomic mass is 16.5. The van der Waals surface area contributed by atoms with E-state index in [1.54, 1.807) is 6.07 Å². The Morgan fingerprint density at radius 1 is 1.02 bits per heavy atom. The zero-order valence-corrected chi connectivity index (χ0v) is 22.8. The van der Waals surface area contributed by atoms with E-state index in [4.69, 9.17) is 21.3 Å². The van der Waals surface area contributed by atoms with Crippen molar-refractivity contribution in [2.24, 2.45) is 11.5 Å². The largest absolute Gasteiger partial charge is 0.461 e. The Labute approximate surface area is 237 Å². The number of carbonyl (C=O) groups excluding carboxylic acids is 2. The number of hydrogen-bond acceptors (Lipinski definition) is 7. The number of nitrogens with two attached hydrogens (primary N) is 2. The summed E-state index contributed by atoms with van der Waals surface area (Å²) < 4.78 is 7.31. The Morgan fingerprint density at radius 2 is 1.83 bits per heavy atom. The fourth-order valence-electron chi connectivity index (χ4n) is 5.78. The number of nitrogens with one attached hydrogen (secondary N) is 1. The molecular weight excluding hydrogens is 516 g/mol. The summed E-state index contributed by atoms with van der Waals surface area (Å²) in [5.74, 6) is -0.885. The summed E-state index contributed by atoms with van der Waals surface area (Å²) in [4.78, 5) is 28.5. The zero-order chi connectivity index (χ0) is 28.5. The van der Waals surface area contributed by atoms with Gasteiger partial charge in [0.2, 0.25) is 0 Å². The number of fused-ring (bicyclic) bond motifs is 2. The van der Waals surface area contributed by atoms with Crippen LogP contribution >= 0.6 is 0 Å². The van der Waals surface area contributed by atoms with Gasteiger partial charge in [-0.1, -0.05) is 30.3 Å². The SMILES string of the molecule is Cc1nn(-c2ccc(C(N)=O)c(N[C@H]3CC[C@H](OC(=O)CN)CC3)c2)c2cccc(-c3cnc4ccccc4c3)c12. The molecule has 0 bridgehead atoms. The molecule has 5 aromatic rings. The lowest BCUT2D eigenvalue weighted by atomic mass is 9.92. The lowest BCUT2D eigenvalue weighted by Gasteiger charge is -2.30. The van der Waals surface area contributed by atoms with Crippen molar-refractivity contribution < 1.29 is 14.3 Å². The molecule has 9 heteroatoms. The number of aryl methyl sites for hydroxylation is 1. The Kier molecular flexibility index (Phi) is 7.11. The molecule has 0 atom stereocenters. The van der Waals surface area contributed by atoms with Crippen LogP contribution in [0.3, 0.4) is 0 Å². The Bertz CT molecular complexity index is 1770. The molecule has 1 amide bonds. The van der Waals surface area contributed by atoms with Gasteiger partial charge in [0.1, 0.15) is 6.10 Å². The van der Waals surface area contributed by atoms with Crippen molar-refractivity contribution in [2.45, 2.75) is 44.8 Å². The van der Waals surface area contributed by atoms with Crippen LogP contribution in [0.1, 0.15) is 41.7 Å². The molecule has 6 rings (SSSR count). The van der Waals surface area contributed by atoms with Gasteiger partial charge in [0.05, 0.1) is 34.5 Å². The smallest absolute Gasteiger partial charge is 0.319 e. The number of rotatable bonds is 7. The standard InChI is InChI=1S/C32H32N6O3/c1-19-31-25(21-15-20-5-2-3-7-27(20)35-18-21)6-4-8-29(31)38(37-19)23-11-14-26(32(34)40)28(16-23)36-22-9-12-24(13-10-22)41-30(39)17-33/h2-8,11,14-16,18,22,24,36H,9-10,12-13,17,33H2,1H3,(H2,34,40)/t22-,24-. The Balaban J connectivity index is 1.33. The van der Waals surface area contributed by atoms with Crippen LogP contribution in [0.25, 0.3) is 38.6 Å². The third-order valence-corrected chi connectivity index (χ3v) is 7.80. The topological polar surface area (TPSA) is 138 Å². The molecule has 2 heterocycles. The van der Waals surface area contributed by atoms with E-state index in [1.807, 2.05) is 60.3 Å². The summed E-state index contributed by atoms with van der Waals surface area (Å²) in [6.07, 6.45) is 4.81. The second kappa shape index (κ2) is 11.0. The molecule has 0 unspecified atom stereocenters. The molecule has 0 radical (unpaired) electrons. The normalized spacial score (nSPS) is 17.0. The Morgan fingerprint density at radius 3 is 2.61 bits per heavy atom. The van der Waals surface area contributed by atoms with Crippen molar-refractivity contribution in [3.05, 3.63) is 84.2 Å². The molecule has 9 nitrogen and oxygen atoms in total. The lowest BCUT2D eigenvalue weighted by Crippen LogP contribution is -2.33. The Hall–Kier alpha value is -4.76. The van der Waals surface area contributed by atoms with Crippen LogP contribution in [-0.4, -0.2) is 45.3 Å². The first kappa shape index (κ1) is 26.5. The molecule has 1 saturated carbocycles. The van der Waals surface area contributed by atoms with Crippen LogP contribution in [0, 0.1) is 6.92 Å². The number of primary amides is 1. The predicted octanol–water partition coefficient (Wildman–Crippen LogP) is 4.87. The maximum absolute atomic E-state index is 12.3. The van der Waals surface area contributed by atoms with E-state index in [2.05, 4.69) is 28.5 Å². The molecule has 208 valence electrons. The van der Waals surface area contributed by atoms with Crippen molar-refractivity contribution in [2.75, 3.05) is 11.9 Å². The second-order valence-corrected chi connectivity index (χ2v) is 10.5. The van der Waals surface area contributed by atoms with Gasteiger partial charge >= 0.3 is 5.97 Å². The molecule has 1 aliphatic carbocycles. The number of nitrogens with zero attached hydrogens (tertiary/aromatic N) is 3. The number of pyridine rings is 1. The van der Waals surface area contributed by atoms with E-state index in [-0.39, 0.29) is 24.7 Å². The minimum atomic E-state index is -0.503. The van der Waals surface area contributed by atoms with Crippen molar-refractivity contribution in [3.8, 4) is 16.8 Å². The molecule has 0 aliphatic heterocycles. The van der Waals surface area contributed by atoms with Crippen molar-refractivity contribution in [3.63, 3.8) is 0 Å². The number of amides is 1. The first-order valence-corrected chi connectivity index (χ1v) is 13.8. The maximum Gasteiger partial charge on any atom is 0.319 e. The number of ether oxygens (including phenoxy) is 1. The summed E-state index contributed by atoms with van der Waals surface area (Å²) in [5.41, 5.74) is 17.9. The van der Waals surface area contributed by atoms with Crippen LogP contribution < -0.4 is 16.8 Å². The van der Waals surface area contributed by atoms with Gasteiger partial charge in [-0.25, -0.2) is 4.68 Å². The van der Waals surface area contributed by atoms with Crippen LogP contribution in [0.15, 0.2) is 72.9 Å². The van der Waals surface area contributed by atoms with E-state index in [1.165, 1.54) is 0 Å². The fraction of sp³-hybridized carbons (Fsp3) is 0.250. The quantitative estimate of drug-likeness (QED) is 0.247. The minimum absolute atomic E-state index is 0.110. The molecule has 1 fully saturated rings. The number of carbonyl (C=O) groups is 2. The number of hydrogen-bond donors (Lipinski definition) is 3. The van der Waals surface area contributed by atoms with Gasteiger partial charge in [0.15, 0.2) is 0 Å². The van der Waals surface area contributed by atoms with Gasteiger partial charge in [-0.15, -0.1) is 0 Å². The summed E-state index contributed by atoms with van der Waals surface area (Å²) in [6.45, 7) is 1.89. The number of anilines is 1. The average Bonchev–Trinajstić information content (AvgIpc) is 3.34. The van der Waals surface area contributed by atoms with Crippen molar-refractivity contribution in [1.29, 1.82) is 0 Å². The van der Waals surface area contributed by atoms with Crippen LogP contribution in [-0.2, 0) is 9.53 Å². The van der Waals surface area contributed by atoms with Gasteiger partial charge in [-0.05, 0) is 74.6 Å². The molecular formula is C32H32N6O3. The second-order valence-electron chi connectivity index (χ2n) is 10.5. The van der Waals surface area contributed by atoms with Crippen LogP contribution in [0.4, 0.5) is 5.69 Å². The summed E-state index contributed by atoms with van der Waals surface area (Å²) >= 11 is 0. The van der Waals surface area contributed by atoms with Crippen molar-refractivity contribution >= 4 is 39.4 Å². The molecule has 5 N–H and O–H groups in total. The molecule has 1 aliphatic rings. The third-order valence-electron chi connectivity index (χ3n) is 7.80. The minimum Gasteiger partial charge on any atom is -0.461 e. The van der Waals surface area contributed by atoms with E-state index in [0.717, 1.165) is 70.0 Å². The van der Waals surface area contributed by atoms with Crippen LogP contribution in [0.2, 0.25) is 0 Å². The summed E-state index contributed by atoms with van der Waals surface area (Å²) in [6, 6.07) is 22.0. The summed E-state index contributed by atoms with van der Waals surface area (Å²) in [7, 11) is 0. The van der Waals surface area contributed by atoms with Gasteiger partial charge in [0, 0.05) is 34.3 Å². The molecule has 2 aromatic heterocycles. The lowest BCUT2D eigenvalue weighted by molar-refractivity contribution is -0.148. The molecule has 0 saturated heterocycles. The predicted molar refractivity (Wildman–Crippen MR) is 160 cm³/mol. The monoisotopic (exact) mass is 548 g/mol. The zero-order valence-electron chi connectivity index (χ0n) is 22.8. The van der Waals surface area contributed by atoms with Gasteiger partial charge in [0.25, 0.3) is 5.91 Å². The van der Waals surface area contributed by atoms with Gasteiger partial charge in [-0.2, -0.15) is 5.10 Å². The molecule has 0 spiro atoms. The highest BCUT2D eigenvalue weighted by Crippen LogP contribution is 2.34. The maximum atomic E-state index is 12.3. The first-order valence-electron chi connectivity index (χ1n) is 13.8. The number of para-hydroxylation sites is 1. The van der Waals surface area contributed by atoms with Crippen LogP contribution in [0.5, 0.6) is 0 Å². The average molecular weight is 549 g/mol. The molecule has 3 aromatic carbocycles. The van der Waals surface area contributed by atoms with E-state index in [0.29, 0.717) is 11.3 Å². The first-order chi connectivity index (χ1) is 19.9. The van der Waals surface area contributed by atoms with Crippen molar-refractivity contribution in [1.82, 2.24) is 14.8 Å². The van der Waals surface area contributed by atoms with E-state index >= 15 is 0 Å². The highest BCUT2D eigenvalue weighted by Gasteiger charge is 2.25. The molecule has 41 heavy (non-hydrogen) atoms. The number of benzene rings is 3. The van der Waals surface area contributed by atoms with Gasteiger partial charge in [-0.3, -0.25) is 14.6 Å².